The summed E-state index contributed by atoms with van der Waals surface area (Å²) in [6.45, 7) is 8.95. The largest absolute Gasteiger partial charge is 0.377 e. The molecule has 0 radical (unpaired) electrons. The highest BCUT2D eigenvalue weighted by molar-refractivity contribution is 4.82. The molecule has 1 aliphatic heterocycles. The second kappa shape index (κ2) is 8.13. The molecule has 0 bridgehead atoms. The zero-order valence-corrected chi connectivity index (χ0v) is 12.8. The summed E-state index contributed by atoms with van der Waals surface area (Å²) >= 11 is 0. The van der Waals surface area contributed by atoms with E-state index in [-0.39, 0.29) is 0 Å². The third-order valence-corrected chi connectivity index (χ3v) is 4.45. The molecule has 1 unspecified atom stereocenters. The Hall–Kier alpha value is -0.120. The standard InChI is InChI=1S/C15H32N2O/c1-5-15(6-2,12-16-3)13-17(4)11-14-9-7-8-10-18-14/h14,16H,5-13H2,1-4H3. The Bertz CT molecular complexity index is 211. The van der Waals surface area contributed by atoms with Crippen LogP contribution in [0.1, 0.15) is 46.0 Å². The first kappa shape index (κ1) is 15.9. The van der Waals surface area contributed by atoms with Crippen molar-refractivity contribution in [1.82, 2.24) is 10.2 Å². The van der Waals surface area contributed by atoms with Crippen molar-refractivity contribution in [3.8, 4) is 0 Å². The Kier molecular flexibility index (Phi) is 7.20. The molecular weight excluding hydrogens is 224 g/mol. The van der Waals surface area contributed by atoms with Crippen LogP contribution < -0.4 is 5.32 Å². The van der Waals surface area contributed by atoms with Crippen LogP contribution in [0.2, 0.25) is 0 Å². The van der Waals surface area contributed by atoms with E-state index in [0.29, 0.717) is 11.5 Å². The minimum atomic E-state index is 0.415. The molecule has 3 nitrogen and oxygen atoms in total. The van der Waals surface area contributed by atoms with E-state index in [2.05, 4.69) is 38.2 Å². The van der Waals surface area contributed by atoms with Gasteiger partial charge in [-0.1, -0.05) is 13.8 Å². The molecule has 1 fully saturated rings. The Morgan fingerprint density at radius 3 is 2.50 bits per heavy atom. The number of hydrogen-bond donors (Lipinski definition) is 1. The van der Waals surface area contributed by atoms with Crippen LogP contribution in [0.3, 0.4) is 0 Å². The van der Waals surface area contributed by atoms with Gasteiger partial charge in [-0.2, -0.15) is 0 Å². The van der Waals surface area contributed by atoms with Crippen LogP contribution >= 0.6 is 0 Å². The summed E-state index contributed by atoms with van der Waals surface area (Å²) in [6.07, 6.45) is 6.75. The van der Waals surface area contributed by atoms with Gasteiger partial charge in [0, 0.05) is 26.2 Å². The molecule has 18 heavy (non-hydrogen) atoms. The molecule has 3 heteroatoms. The van der Waals surface area contributed by atoms with E-state index >= 15 is 0 Å². The maximum absolute atomic E-state index is 5.83. The fourth-order valence-electron chi connectivity index (χ4n) is 3.09. The SMILES string of the molecule is CCC(CC)(CNC)CN(C)CC1CCCCO1. The second-order valence-corrected chi connectivity index (χ2v) is 5.92. The molecule has 0 spiro atoms. The molecule has 1 atom stereocenters. The summed E-state index contributed by atoms with van der Waals surface area (Å²) in [6, 6.07) is 0. The highest BCUT2D eigenvalue weighted by Crippen LogP contribution is 2.27. The van der Waals surface area contributed by atoms with Crippen molar-refractivity contribution in [1.29, 1.82) is 0 Å². The van der Waals surface area contributed by atoms with Gasteiger partial charge in [0.05, 0.1) is 6.10 Å². The zero-order valence-electron chi connectivity index (χ0n) is 12.8. The first-order valence-electron chi connectivity index (χ1n) is 7.60. The number of nitrogens with zero attached hydrogens (tertiary/aromatic N) is 1. The van der Waals surface area contributed by atoms with E-state index in [0.717, 1.165) is 19.7 Å². The molecule has 1 saturated heterocycles. The first-order valence-corrected chi connectivity index (χ1v) is 7.60. The Morgan fingerprint density at radius 2 is 2.00 bits per heavy atom. The molecule has 0 aromatic carbocycles. The van der Waals surface area contributed by atoms with Crippen LogP contribution in [-0.4, -0.2) is 51.3 Å². The molecule has 1 aliphatic rings. The first-order chi connectivity index (χ1) is 8.65. The predicted octanol–water partition coefficient (Wildman–Crippen LogP) is 2.51. The average molecular weight is 256 g/mol. The van der Waals surface area contributed by atoms with Gasteiger partial charge >= 0.3 is 0 Å². The van der Waals surface area contributed by atoms with Crippen LogP contribution in [-0.2, 0) is 4.74 Å². The minimum absolute atomic E-state index is 0.415. The number of rotatable bonds is 8. The van der Waals surface area contributed by atoms with Gasteiger partial charge in [-0.15, -0.1) is 0 Å². The summed E-state index contributed by atoms with van der Waals surface area (Å²) in [5.74, 6) is 0. The number of nitrogens with one attached hydrogen (secondary N) is 1. The van der Waals surface area contributed by atoms with Crippen LogP contribution in [0.15, 0.2) is 0 Å². The van der Waals surface area contributed by atoms with Crippen molar-refractivity contribution in [2.75, 3.05) is 40.3 Å². The van der Waals surface area contributed by atoms with Gasteiger partial charge in [-0.3, -0.25) is 0 Å². The van der Waals surface area contributed by atoms with Crippen molar-refractivity contribution in [2.24, 2.45) is 5.41 Å². The summed E-state index contributed by atoms with van der Waals surface area (Å²) in [5.41, 5.74) is 0.415. The number of likely N-dealkylation sites (N-methyl/N-ethyl adjacent to an activating group) is 1. The summed E-state index contributed by atoms with van der Waals surface area (Å²) in [4.78, 5) is 2.47. The lowest BCUT2D eigenvalue weighted by molar-refractivity contribution is -0.00840. The van der Waals surface area contributed by atoms with Gasteiger partial charge < -0.3 is 15.0 Å². The minimum Gasteiger partial charge on any atom is -0.377 e. The van der Waals surface area contributed by atoms with E-state index < -0.39 is 0 Å². The molecule has 0 amide bonds. The van der Waals surface area contributed by atoms with Crippen molar-refractivity contribution in [2.45, 2.75) is 52.1 Å². The van der Waals surface area contributed by atoms with Crippen molar-refractivity contribution in [3.63, 3.8) is 0 Å². The molecule has 1 rings (SSSR count). The maximum atomic E-state index is 5.83. The Labute approximate surface area is 113 Å². The quantitative estimate of drug-likeness (QED) is 0.722. The molecule has 0 aromatic rings. The van der Waals surface area contributed by atoms with E-state index in [9.17, 15) is 0 Å². The lowest BCUT2D eigenvalue weighted by Crippen LogP contribution is -2.44. The lowest BCUT2D eigenvalue weighted by atomic mass is 9.81. The normalized spacial score (nSPS) is 21.5. The summed E-state index contributed by atoms with van der Waals surface area (Å²) < 4.78 is 5.83. The lowest BCUT2D eigenvalue weighted by Gasteiger charge is -2.37. The fourth-order valence-corrected chi connectivity index (χ4v) is 3.09. The monoisotopic (exact) mass is 256 g/mol. The average Bonchev–Trinajstić information content (AvgIpc) is 2.39. The van der Waals surface area contributed by atoms with E-state index in [1.165, 1.54) is 38.6 Å². The van der Waals surface area contributed by atoms with Crippen LogP contribution in [0.4, 0.5) is 0 Å². The van der Waals surface area contributed by atoms with E-state index in [1.807, 2.05) is 0 Å². The van der Waals surface area contributed by atoms with Gasteiger partial charge in [0.1, 0.15) is 0 Å². The van der Waals surface area contributed by atoms with Crippen molar-refractivity contribution < 1.29 is 4.74 Å². The topological polar surface area (TPSA) is 24.5 Å². The zero-order chi connectivity index (χ0) is 13.4. The van der Waals surface area contributed by atoms with E-state index in [4.69, 9.17) is 4.74 Å². The Morgan fingerprint density at radius 1 is 1.28 bits per heavy atom. The summed E-state index contributed by atoms with van der Waals surface area (Å²) in [7, 11) is 4.30. The van der Waals surface area contributed by atoms with Crippen LogP contribution in [0.5, 0.6) is 0 Å². The van der Waals surface area contributed by atoms with Crippen LogP contribution in [0, 0.1) is 5.41 Å². The third kappa shape index (κ3) is 4.87. The van der Waals surface area contributed by atoms with Crippen LogP contribution in [0.25, 0.3) is 0 Å². The number of hydrogen-bond acceptors (Lipinski definition) is 3. The molecule has 0 saturated carbocycles. The highest BCUT2D eigenvalue weighted by Gasteiger charge is 2.28. The molecule has 0 aromatic heterocycles. The molecule has 108 valence electrons. The van der Waals surface area contributed by atoms with E-state index in [1.54, 1.807) is 0 Å². The molecule has 0 aliphatic carbocycles. The smallest absolute Gasteiger partial charge is 0.0701 e. The number of ether oxygens (including phenoxy) is 1. The van der Waals surface area contributed by atoms with Crippen molar-refractivity contribution in [3.05, 3.63) is 0 Å². The molecule has 1 heterocycles. The Balaban J connectivity index is 2.41. The highest BCUT2D eigenvalue weighted by atomic mass is 16.5. The van der Waals surface area contributed by atoms with Gasteiger partial charge in [0.2, 0.25) is 0 Å². The van der Waals surface area contributed by atoms with Gasteiger partial charge in [0.15, 0.2) is 0 Å². The second-order valence-electron chi connectivity index (χ2n) is 5.92. The summed E-state index contributed by atoms with van der Waals surface area (Å²) in [5, 5.41) is 3.36. The fraction of sp³-hybridized carbons (Fsp3) is 1.00. The molecular formula is C15H32N2O. The van der Waals surface area contributed by atoms with Gasteiger partial charge in [-0.05, 0) is 51.6 Å². The van der Waals surface area contributed by atoms with Crippen molar-refractivity contribution >= 4 is 0 Å². The van der Waals surface area contributed by atoms with Gasteiger partial charge in [0.25, 0.3) is 0 Å². The molecule has 1 N–H and O–H groups in total. The predicted molar refractivity (Wildman–Crippen MR) is 78.0 cm³/mol. The van der Waals surface area contributed by atoms with Gasteiger partial charge in [-0.25, -0.2) is 0 Å². The maximum Gasteiger partial charge on any atom is 0.0701 e. The third-order valence-electron chi connectivity index (χ3n) is 4.45.